The zero-order valence-corrected chi connectivity index (χ0v) is 14.1. The molecule has 23 heavy (non-hydrogen) atoms. The first-order valence-corrected chi connectivity index (χ1v) is 8.05. The van der Waals surface area contributed by atoms with Gasteiger partial charge in [-0.05, 0) is 49.4 Å². The first-order chi connectivity index (χ1) is 11.2. The minimum Gasteiger partial charge on any atom is -0.462 e. The third-order valence-electron chi connectivity index (χ3n) is 3.36. The van der Waals surface area contributed by atoms with Gasteiger partial charge in [0, 0.05) is 27.4 Å². The molecule has 1 heterocycles. The normalized spacial score (nSPS) is 10.5. The summed E-state index contributed by atoms with van der Waals surface area (Å²) in [5.41, 5.74) is 3.18. The fraction of sp³-hybridized carbons (Fsp3) is 0.111. The van der Waals surface area contributed by atoms with E-state index in [1.165, 1.54) is 0 Å². The molecule has 4 nitrogen and oxygen atoms in total. The van der Waals surface area contributed by atoms with Crippen LogP contribution in [-0.2, 0) is 4.74 Å². The van der Waals surface area contributed by atoms with Crippen molar-refractivity contribution < 1.29 is 9.53 Å². The van der Waals surface area contributed by atoms with Crippen molar-refractivity contribution in [3.8, 4) is 0 Å². The lowest BCUT2D eigenvalue weighted by Crippen LogP contribution is -2.05. The number of hydrogen-bond acceptors (Lipinski definition) is 4. The number of hydrogen-bond donors (Lipinski definition) is 1. The number of aromatic nitrogens is 1. The van der Waals surface area contributed by atoms with Gasteiger partial charge in [0.05, 0.1) is 17.7 Å². The van der Waals surface area contributed by atoms with E-state index < -0.39 is 0 Å². The molecule has 0 atom stereocenters. The van der Waals surface area contributed by atoms with Crippen LogP contribution < -0.4 is 5.32 Å². The summed E-state index contributed by atoms with van der Waals surface area (Å²) in [4.78, 5) is 16.2. The van der Waals surface area contributed by atoms with E-state index in [0.717, 1.165) is 26.8 Å². The van der Waals surface area contributed by atoms with Gasteiger partial charge >= 0.3 is 5.97 Å². The summed E-state index contributed by atoms with van der Waals surface area (Å²) in [7, 11) is 0. The predicted molar refractivity (Wildman–Crippen MR) is 95.1 cm³/mol. The lowest BCUT2D eigenvalue weighted by molar-refractivity contribution is 0.0526. The van der Waals surface area contributed by atoms with Crippen LogP contribution in [-0.4, -0.2) is 17.6 Å². The minimum atomic E-state index is -0.320. The monoisotopic (exact) mass is 370 g/mol. The molecule has 0 aliphatic rings. The molecule has 0 unspecified atom stereocenters. The highest BCUT2D eigenvalue weighted by Crippen LogP contribution is 2.27. The summed E-state index contributed by atoms with van der Waals surface area (Å²) in [6.45, 7) is 2.15. The smallest absolute Gasteiger partial charge is 0.338 e. The highest BCUT2D eigenvalue weighted by molar-refractivity contribution is 9.10. The van der Waals surface area contributed by atoms with E-state index in [0.29, 0.717) is 12.2 Å². The molecule has 0 saturated heterocycles. The molecule has 0 amide bonds. The fourth-order valence-electron chi connectivity index (χ4n) is 2.32. The van der Waals surface area contributed by atoms with Gasteiger partial charge in [0.25, 0.3) is 0 Å². The average Bonchev–Trinajstić information content (AvgIpc) is 2.55. The predicted octanol–water partition coefficient (Wildman–Crippen LogP) is 4.92. The van der Waals surface area contributed by atoms with Crippen molar-refractivity contribution in [1.82, 2.24) is 4.98 Å². The number of carbonyl (C=O) groups excluding carboxylic acids is 1. The van der Waals surface area contributed by atoms with Crippen LogP contribution in [0.4, 0.5) is 11.4 Å². The largest absolute Gasteiger partial charge is 0.462 e. The summed E-state index contributed by atoms with van der Waals surface area (Å²) in [5.74, 6) is -0.320. The lowest BCUT2D eigenvalue weighted by Gasteiger charge is -2.11. The Hall–Kier alpha value is -2.40. The minimum absolute atomic E-state index is 0.320. The van der Waals surface area contributed by atoms with Gasteiger partial charge in [0.1, 0.15) is 0 Å². The van der Waals surface area contributed by atoms with Crippen LogP contribution in [0.15, 0.2) is 59.2 Å². The third-order valence-corrected chi connectivity index (χ3v) is 3.85. The number of ether oxygens (including phenoxy) is 1. The molecular formula is C18H15BrN2O2. The van der Waals surface area contributed by atoms with Crippen molar-refractivity contribution in [1.29, 1.82) is 0 Å². The molecule has 3 rings (SSSR count). The summed E-state index contributed by atoms with van der Waals surface area (Å²) >= 11 is 3.45. The zero-order chi connectivity index (χ0) is 16.2. The first-order valence-electron chi connectivity index (χ1n) is 7.26. The van der Waals surface area contributed by atoms with Crippen LogP contribution in [0.25, 0.3) is 10.9 Å². The van der Waals surface area contributed by atoms with Crippen molar-refractivity contribution in [2.45, 2.75) is 6.92 Å². The maximum absolute atomic E-state index is 11.8. The van der Waals surface area contributed by atoms with Crippen molar-refractivity contribution in [2.24, 2.45) is 0 Å². The quantitative estimate of drug-likeness (QED) is 0.662. The number of pyridine rings is 1. The number of nitrogens with zero attached hydrogens (tertiary/aromatic N) is 1. The molecule has 1 N–H and O–H groups in total. The lowest BCUT2D eigenvalue weighted by atomic mass is 10.1. The van der Waals surface area contributed by atoms with E-state index >= 15 is 0 Å². The molecule has 2 aromatic carbocycles. The van der Waals surface area contributed by atoms with Crippen LogP contribution in [0, 0.1) is 0 Å². The van der Waals surface area contributed by atoms with Gasteiger partial charge in [-0.1, -0.05) is 22.0 Å². The van der Waals surface area contributed by atoms with Crippen molar-refractivity contribution >= 4 is 44.2 Å². The summed E-state index contributed by atoms with van der Waals surface area (Å²) in [6.07, 6.45) is 1.76. The van der Waals surface area contributed by atoms with E-state index in [1.807, 2.05) is 36.4 Å². The number of esters is 1. The Labute approximate surface area is 142 Å². The molecule has 0 fully saturated rings. The van der Waals surface area contributed by atoms with Crippen molar-refractivity contribution in [3.63, 3.8) is 0 Å². The Morgan fingerprint density at radius 3 is 2.91 bits per heavy atom. The number of rotatable bonds is 4. The first kappa shape index (κ1) is 15.5. The highest BCUT2D eigenvalue weighted by Gasteiger charge is 2.08. The van der Waals surface area contributed by atoms with E-state index in [9.17, 15) is 4.79 Å². The zero-order valence-electron chi connectivity index (χ0n) is 12.5. The molecule has 0 bridgehead atoms. The summed E-state index contributed by atoms with van der Waals surface area (Å²) < 4.78 is 6.02. The number of carbonyl (C=O) groups is 1. The van der Waals surface area contributed by atoms with Crippen LogP contribution in [0.1, 0.15) is 17.3 Å². The SMILES string of the molecule is CCOC(=O)c1cccc(Nc2ccnc3cc(Br)ccc23)c1. The number of halogens is 1. The number of nitrogens with one attached hydrogen (secondary N) is 1. The molecule has 0 aliphatic heterocycles. The van der Waals surface area contributed by atoms with Gasteiger partial charge in [-0.2, -0.15) is 0 Å². The van der Waals surface area contributed by atoms with Crippen LogP contribution in [0.2, 0.25) is 0 Å². The van der Waals surface area contributed by atoms with Gasteiger partial charge in [0.2, 0.25) is 0 Å². The molecule has 0 spiro atoms. The van der Waals surface area contributed by atoms with Crippen LogP contribution >= 0.6 is 15.9 Å². The second-order valence-corrected chi connectivity index (χ2v) is 5.86. The maximum atomic E-state index is 11.8. The highest BCUT2D eigenvalue weighted by atomic mass is 79.9. The van der Waals surface area contributed by atoms with Gasteiger partial charge < -0.3 is 10.1 Å². The summed E-state index contributed by atoms with van der Waals surface area (Å²) in [6, 6.07) is 15.1. The van der Waals surface area contributed by atoms with Gasteiger partial charge in [-0.25, -0.2) is 4.79 Å². The second kappa shape index (κ2) is 6.79. The number of anilines is 2. The molecule has 3 aromatic rings. The molecule has 116 valence electrons. The topological polar surface area (TPSA) is 51.2 Å². The molecule has 1 aromatic heterocycles. The van der Waals surface area contributed by atoms with Crippen LogP contribution in [0.5, 0.6) is 0 Å². The molecule has 0 saturated carbocycles. The van der Waals surface area contributed by atoms with Crippen molar-refractivity contribution in [2.75, 3.05) is 11.9 Å². The molecular weight excluding hydrogens is 356 g/mol. The van der Waals surface area contributed by atoms with Crippen LogP contribution in [0.3, 0.4) is 0 Å². The van der Waals surface area contributed by atoms with Gasteiger partial charge in [0.15, 0.2) is 0 Å². The maximum Gasteiger partial charge on any atom is 0.338 e. The number of benzene rings is 2. The Morgan fingerprint density at radius 2 is 2.09 bits per heavy atom. The van der Waals surface area contributed by atoms with E-state index in [-0.39, 0.29) is 5.97 Å². The molecule has 5 heteroatoms. The Bertz CT molecular complexity index is 865. The third kappa shape index (κ3) is 3.51. The van der Waals surface area contributed by atoms with E-state index in [1.54, 1.807) is 25.3 Å². The molecule has 0 radical (unpaired) electrons. The molecule has 0 aliphatic carbocycles. The average molecular weight is 371 g/mol. The number of fused-ring (bicyclic) bond motifs is 1. The van der Waals surface area contributed by atoms with Crippen molar-refractivity contribution in [3.05, 3.63) is 64.8 Å². The second-order valence-electron chi connectivity index (χ2n) is 4.95. The Morgan fingerprint density at radius 1 is 1.22 bits per heavy atom. The summed E-state index contributed by atoms with van der Waals surface area (Å²) in [5, 5.41) is 4.35. The van der Waals surface area contributed by atoms with E-state index in [2.05, 4.69) is 26.2 Å². The Kier molecular flexibility index (Phi) is 4.57. The Balaban J connectivity index is 1.93. The standard InChI is InChI=1S/C18H15BrN2O2/c1-2-23-18(22)12-4-3-5-14(10-12)21-16-8-9-20-17-11-13(19)6-7-15(16)17/h3-11H,2H2,1H3,(H,20,21). The van der Waals surface area contributed by atoms with Gasteiger partial charge in [-0.15, -0.1) is 0 Å². The fourth-order valence-corrected chi connectivity index (χ4v) is 2.67. The van der Waals surface area contributed by atoms with Gasteiger partial charge in [-0.3, -0.25) is 4.98 Å². The van der Waals surface area contributed by atoms with E-state index in [4.69, 9.17) is 4.74 Å².